The second kappa shape index (κ2) is 4.70. The summed E-state index contributed by atoms with van der Waals surface area (Å²) in [5.74, 6) is -0.115. The normalized spacial score (nSPS) is 11.6. The van der Waals surface area contributed by atoms with Crippen LogP contribution in [-0.2, 0) is 6.18 Å². The fourth-order valence-electron chi connectivity index (χ4n) is 1.65. The van der Waals surface area contributed by atoms with Crippen LogP contribution in [0.3, 0.4) is 0 Å². The number of alkyl halides is 3. The van der Waals surface area contributed by atoms with Crippen molar-refractivity contribution in [3.8, 4) is 11.1 Å². The number of anilines is 1. The average molecular weight is 285 g/mol. The third-order valence-corrected chi connectivity index (χ3v) is 3.59. The highest BCUT2D eigenvalue weighted by molar-refractivity contribution is 7.12. The average Bonchev–Trinajstić information content (AvgIpc) is 2.76. The molecule has 1 aromatic carbocycles. The van der Waals surface area contributed by atoms with Crippen molar-refractivity contribution >= 4 is 22.8 Å². The van der Waals surface area contributed by atoms with Gasteiger partial charge in [-0.2, -0.15) is 13.2 Å². The van der Waals surface area contributed by atoms with Crippen LogP contribution < -0.4 is 5.73 Å². The largest absolute Gasteiger partial charge is 0.416 e. The molecule has 2 aromatic rings. The van der Waals surface area contributed by atoms with Crippen LogP contribution in [0, 0.1) is 0 Å². The zero-order valence-electron chi connectivity index (χ0n) is 9.91. The van der Waals surface area contributed by atoms with Crippen molar-refractivity contribution in [2.24, 2.45) is 0 Å². The smallest absolute Gasteiger partial charge is 0.399 e. The molecule has 0 bridgehead atoms. The van der Waals surface area contributed by atoms with E-state index in [2.05, 4.69) is 0 Å². The predicted octanol–water partition coefficient (Wildman–Crippen LogP) is 4.22. The van der Waals surface area contributed by atoms with Crippen molar-refractivity contribution in [3.63, 3.8) is 0 Å². The zero-order valence-corrected chi connectivity index (χ0v) is 10.7. The maximum atomic E-state index is 12.7. The minimum absolute atomic E-state index is 0.0420. The summed E-state index contributed by atoms with van der Waals surface area (Å²) >= 11 is 1.20. The second-order valence-corrected chi connectivity index (χ2v) is 5.01. The van der Waals surface area contributed by atoms with Gasteiger partial charge in [0, 0.05) is 5.69 Å². The van der Waals surface area contributed by atoms with Gasteiger partial charge in [-0.3, -0.25) is 4.79 Å². The lowest BCUT2D eigenvalue weighted by Gasteiger charge is -2.09. The molecule has 1 heterocycles. The highest BCUT2D eigenvalue weighted by Gasteiger charge is 2.31. The quantitative estimate of drug-likeness (QED) is 0.663. The minimum Gasteiger partial charge on any atom is -0.399 e. The molecule has 0 unspecified atom stereocenters. The summed E-state index contributed by atoms with van der Waals surface area (Å²) in [5.41, 5.74) is 5.67. The molecule has 0 aliphatic heterocycles. The van der Waals surface area contributed by atoms with E-state index in [-0.39, 0.29) is 11.5 Å². The van der Waals surface area contributed by atoms with Crippen molar-refractivity contribution in [1.29, 1.82) is 0 Å². The van der Waals surface area contributed by atoms with Gasteiger partial charge in [-0.1, -0.05) is 0 Å². The van der Waals surface area contributed by atoms with Gasteiger partial charge in [0.15, 0.2) is 5.78 Å². The van der Waals surface area contributed by atoms with Gasteiger partial charge in [0.25, 0.3) is 0 Å². The Morgan fingerprint density at radius 3 is 2.37 bits per heavy atom. The van der Waals surface area contributed by atoms with Crippen molar-refractivity contribution in [1.82, 2.24) is 0 Å². The number of Topliss-reactive ketones (excluding diaryl/α,β-unsaturated/α-hetero) is 1. The summed E-state index contributed by atoms with van der Waals surface area (Å²) in [6.07, 6.45) is -4.44. The van der Waals surface area contributed by atoms with Gasteiger partial charge < -0.3 is 5.73 Å². The monoisotopic (exact) mass is 285 g/mol. The van der Waals surface area contributed by atoms with Crippen LogP contribution in [0.2, 0.25) is 0 Å². The number of carbonyl (C=O) groups excluding carboxylic acids is 1. The Morgan fingerprint density at radius 2 is 1.84 bits per heavy atom. The Morgan fingerprint density at radius 1 is 1.16 bits per heavy atom. The number of carbonyl (C=O) groups is 1. The summed E-state index contributed by atoms with van der Waals surface area (Å²) in [6, 6.07) is 4.95. The lowest BCUT2D eigenvalue weighted by atomic mass is 10.0. The van der Waals surface area contributed by atoms with E-state index in [0.717, 1.165) is 12.1 Å². The van der Waals surface area contributed by atoms with Crippen LogP contribution in [0.5, 0.6) is 0 Å². The molecule has 6 heteroatoms. The minimum atomic E-state index is -4.44. The Labute approximate surface area is 111 Å². The molecule has 2 N–H and O–H groups in total. The van der Waals surface area contributed by atoms with Gasteiger partial charge in [0.1, 0.15) is 0 Å². The van der Waals surface area contributed by atoms with Gasteiger partial charge in [0.05, 0.1) is 10.4 Å². The lowest BCUT2D eigenvalue weighted by Crippen LogP contribution is -2.05. The molecular formula is C13H10F3NOS. The molecule has 0 saturated carbocycles. The Hall–Kier alpha value is -1.82. The topological polar surface area (TPSA) is 43.1 Å². The van der Waals surface area contributed by atoms with E-state index < -0.39 is 11.7 Å². The number of hydrogen-bond acceptors (Lipinski definition) is 3. The van der Waals surface area contributed by atoms with E-state index in [1.165, 1.54) is 24.3 Å². The van der Waals surface area contributed by atoms with Crippen LogP contribution in [0.15, 0.2) is 29.6 Å². The number of hydrogen-bond donors (Lipinski definition) is 1. The fraction of sp³-hybridized carbons (Fsp3) is 0.154. The first-order chi connectivity index (χ1) is 8.77. The van der Waals surface area contributed by atoms with Crippen molar-refractivity contribution in [2.45, 2.75) is 13.1 Å². The van der Waals surface area contributed by atoms with E-state index in [1.807, 2.05) is 0 Å². The lowest BCUT2D eigenvalue weighted by molar-refractivity contribution is -0.137. The number of nitrogens with two attached hydrogens (primary N) is 1. The predicted molar refractivity (Wildman–Crippen MR) is 69.2 cm³/mol. The third-order valence-electron chi connectivity index (χ3n) is 2.56. The molecule has 0 aliphatic rings. The van der Waals surface area contributed by atoms with Crippen molar-refractivity contribution in [3.05, 3.63) is 40.1 Å². The van der Waals surface area contributed by atoms with E-state index >= 15 is 0 Å². The van der Waals surface area contributed by atoms with Crippen molar-refractivity contribution < 1.29 is 18.0 Å². The molecule has 0 atom stereocenters. The number of thiophene rings is 1. The molecule has 0 amide bonds. The van der Waals surface area contributed by atoms with Gasteiger partial charge in [0.2, 0.25) is 0 Å². The zero-order chi connectivity index (χ0) is 14.2. The highest BCUT2D eigenvalue weighted by Crippen LogP contribution is 2.35. The molecule has 0 fully saturated rings. The van der Waals surface area contributed by atoms with Crippen LogP contribution in [0.1, 0.15) is 22.2 Å². The van der Waals surface area contributed by atoms with E-state index in [4.69, 9.17) is 5.73 Å². The summed E-state index contributed by atoms with van der Waals surface area (Å²) in [4.78, 5) is 11.7. The first-order valence-electron chi connectivity index (χ1n) is 5.35. The molecule has 0 aliphatic carbocycles. The van der Waals surface area contributed by atoms with Crippen LogP contribution in [0.4, 0.5) is 18.9 Å². The Kier molecular flexibility index (Phi) is 3.36. The van der Waals surface area contributed by atoms with E-state index in [9.17, 15) is 18.0 Å². The Bertz CT molecular complexity index is 631. The summed E-state index contributed by atoms with van der Waals surface area (Å²) < 4.78 is 38.1. The standard InChI is InChI=1S/C13H10F3NOS/c1-7(18)12-4-9(6-19-12)8-2-10(13(14,15)16)5-11(17)3-8/h2-6H,17H2,1H3. The molecule has 19 heavy (non-hydrogen) atoms. The van der Waals surface area contributed by atoms with Crippen LogP contribution in [-0.4, -0.2) is 5.78 Å². The van der Waals surface area contributed by atoms with Crippen molar-refractivity contribution in [2.75, 3.05) is 5.73 Å². The summed E-state index contributed by atoms with van der Waals surface area (Å²) in [7, 11) is 0. The molecule has 0 radical (unpaired) electrons. The van der Waals surface area contributed by atoms with Crippen LogP contribution >= 0.6 is 11.3 Å². The molecule has 0 saturated heterocycles. The second-order valence-electron chi connectivity index (χ2n) is 4.10. The first kappa shape index (κ1) is 13.6. The third kappa shape index (κ3) is 2.96. The maximum Gasteiger partial charge on any atom is 0.416 e. The highest BCUT2D eigenvalue weighted by atomic mass is 32.1. The number of ketones is 1. The van der Waals surface area contributed by atoms with Gasteiger partial charge >= 0.3 is 6.18 Å². The molecular weight excluding hydrogens is 275 g/mol. The maximum absolute atomic E-state index is 12.7. The molecule has 0 spiro atoms. The first-order valence-corrected chi connectivity index (χ1v) is 6.23. The van der Waals surface area contributed by atoms with E-state index in [1.54, 1.807) is 11.4 Å². The summed E-state index contributed by atoms with van der Waals surface area (Å²) in [5, 5.41) is 1.64. The van der Waals surface area contributed by atoms with Gasteiger partial charge in [-0.15, -0.1) is 11.3 Å². The molecule has 2 nitrogen and oxygen atoms in total. The summed E-state index contributed by atoms with van der Waals surface area (Å²) in [6.45, 7) is 1.41. The van der Waals surface area contributed by atoms with Crippen LogP contribution in [0.25, 0.3) is 11.1 Å². The number of rotatable bonds is 2. The molecule has 2 rings (SSSR count). The molecule has 100 valence electrons. The van der Waals surface area contributed by atoms with Gasteiger partial charge in [-0.25, -0.2) is 0 Å². The Balaban J connectivity index is 2.50. The number of nitrogen functional groups attached to an aromatic ring is 1. The molecule has 1 aromatic heterocycles. The number of benzene rings is 1. The van der Waals surface area contributed by atoms with E-state index in [0.29, 0.717) is 16.0 Å². The van der Waals surface area contributed by atoms with Gasteiger partial charge in [-0.05, 0) is 47.7 Å². The number of halogens is 3. The SMILES string of the molecule is CC(=O)c1cc(-c2cc(N)cc(C(F)(F)F)c2)cs1. The fourth-order valence-corrected chi connectivity index (χ4v) is 2.47.